The molecule has 2 unspecified atom stereocenters. The van der Waals surface area contributed by atoms with Gasteiger partial charge in [-0.25, -0.2) is 0 Å². The molecule has 1 saturated heterocycles. The maximum absolute atomic E-state index is 6.16. The molecule has 1 nitrogen and oxygen atoms in total. The number of nitrogens with one attached hydrogen (secondary N) is 1. The summed E-state index contributed by atoms with van der Waals surface area (Å²) in [7, 11) is 0. The van der Waals surface area contributed by atoms with Crippen molar-refractivity contribution in [3.63, 3.8) is 0 Å². The van der Waals surface area contributed by atoms with Crippen LogP contribution in [0.4, 0.5) is 0 Å². The van der Waals surface area contributed by atoms with Crippen molar-refractivity contribution in [2.75, 3.05) is 13.1 Å². The molecule has 2 atom stereocenters. The van der Waals surface area contributed by atoms with E-state index in [1.807, 2.05) is 6.07 Å². The van der Waals surface area contributed by atoms with Crippen LogP contribution in [0.25, 0.3) is 0 Å². The van der Waals surface area contributed by atoms with Gasteiger partial charge in [-0.1, -0.05) is 51.8 Å². The molecule has 1 aliphatic rings. The molecule has 0 aromatic heterocycles. The Morgan fingerprint density at radius 3 is 2.50 bits per heavy atom. The number of hydrogen-bond donors (Lipinski definition) is 1. The lowest BCUT2D eigenvalue weighted by atomic mass is 9.77. The van der Waals surface area contributed by atoms with Crippen LogP contribution in [0.1, 0.15) is 29.4 Å². The van der Waals surface area contributed by atoms with Crippen LogP contribution in [0.5, 0.6) is 0 Å². The van der Waals surface area contributed by atoms with E-state index in [0.717, 1.165) is 29.0 Å². The first-order valence-corrected chi connectivity index (χ1v) is 8.13. The number of hydrogen-bond acceptors (Lipinski definition) is 1. The van der Waals surface area contributed by atoms with Gasteiger partial charge < -0.3 is 5.32 Å². The van der Waals surface area contributed by atoms with Crippen LogP contribution in [-0.4, -0.2) is 13.1 Å². The topological polar surface area (TPSA) is 12.0 Å². The summed E-state index contributed by atoms with van der Waals surface area (Å²) in [6.45, 7) is 2.09. The second-order valence-electron chi connectivity index (χ2n) is 5.32. The quantitative estimate of drug-likeness (QED) is 0.807. The van der Waals surface area contributed by atoms with Crippen molar-refractivity contribution in [3.05, 3.63) is 69.2 Å². The zero-order valence-corrected chi connectivity index (χ0v) is 13.5. The number of rotatable bonds is 2. The van der Waals surface area contributed by atoms with Crippen molar-refractivity contribution in [3.8, 4) is 0 Å². The molecule has 0 amide bonds. The standard InChI is InChI=1S/C17H17BrClN/c18-14-5-1-3-12(9-14)17-11-20-8-7-16(17)13-4-2-6-15(19)10-13/h1-6,9-10,16-17,20H,7-8,11H2. The van der Waals surface area contributed by atoms with Crippen molar-refractivity contribution in [1.82, 2.24) is 5.32 Å². The molecule has 3 rings (SSSR count). The van der Waals surface area contributed by atoms with Gasteiger partial charge in [0, 0.05) is 22.0 Å². The van der Waals surface area contributed by atoms with Crippen LogP contribution in [0.15, 0.2) is 53.0 Å². The monoisotopic (exact) mass is 349 g/mol. The molecule has 0 saturated carbocycles. The molecule has 1 fully saturated rings. The van der Waals surface area contributed by atoms with Gasteiger partial charge in [-0.3, -0.25) is 0 Å². The Morgan fingerprint density at radius 1 is 1.00 bits per heavy atom. The fourth-order valence-corrected chi connectivity index (χ4v) is 3.70. The number of piperidine rings is 1. The Hall–Kier alpha value is -0.830. The Balaban J connectivity index is 1.95. The lowest BCUT2D eigenvalue weighted by Crippen LogP contribution is -2.34. The largest absolute Gasteiger partial charge is 0.316 e. The van der Waals surface area contributed by atoms with Crippen molar-refractivity contribution in [2.24, 2.45) is 0 Å². The van der Waals surface area contributed by atoms with E-state index in [0.29, 0.717) is 11.8 Å². The van der Waals surface area contributed by atoms with Crippen LogP contribution in [0, 0.1) is 0 Å². The molecule has 20 heavy (non-hydrogen) atoms. The Morgan fingerprint density at radius 2 is 1.75 bits per heavy atom. The van der Waals surface area contributed by atoms with Crippen molar-refractivity contribution in [2.45, 2.75) is 18.3 Å². The van der Waals surface area contributed by atoms with E-state index in [2.05, 4.69) is 63.7 Å². The lowest BCUT2D eigenvalue weighted by molar-refractivity contribution is 0.404. The highest BCUT2D eigenvalue weighted by Crippen LogP contribution is 2.38. The summed E-state index contributed by atoms with van der Waals surface area (Å²) in [5, 5.41) is 4.35. The summed E-state index contributed by atoms with van der Waals surface area (Å²) in [4.78, 5) is 0. The second-order valence-corrected chi connectivity index (χ2v) is 6.67. The first-order valence-electron chi connectivity index (χ1n) is 6.95. The minimum atomic E-state index is 0.500. The smallest absolute Gasteiger partial charge is 0.0408 e. The predicted molar refractivity (Wildman–Crippen MR) is 88.6 cm³/mol. The summed E-state index contributed by atoms with van der Waals surface area (Å²) < 4.78 is 1.14. The normalized spacial score (nSPS) is 22.7. The zero-order chi connectivity index (χ0) is 13.9. The number of halogens is 2. The minimum absolute atomic E-state index is 0.500. The van der Waals surface area contributed by atoms with Gasteiger partial charge in [0.1, 0.15) is 0 Å². The highest BCUT2D eigenvalue weighted by atomic mass is 79.9. The molecule has 3 heteroatoms. The molecule has 1 N–H and O–H groups in total. The van der Waals surface area contributed by atoms with Crippen LogP contribution >= 0.6 is 27.5 Å². The molecule has 0 spiro atoms. The highest BCUT2D eigenvalue weighted by molar-refractivity contribution is 9.10. The van der Waals surface area contributed by atoms with Crippen LogP contribution in [0.3, 0.4) is 0 Å². The SMILES string of the molecule is Clc1cccc(C2CCNCC2c2cccc(Br)c2)c1. The van der Waals surface area contributed by atoms with E-state index in [1.165, 1.54) is 11.1 Å². The molecular weight excluding hydrogens is 334 g/mol. The summed E-state index contributed by atoms with van der Waals surface area (Å²) in [5.74, 6) is 1.03. The second kappa shape index (κ2) is 6.30. The predicted octanol–water partition coefficient (Wildman–Crippen LogP) is 4.96. The van der Waals surface area contributed by atoms with Gasteiger partial charge >= 0.3 is 0 Å². The molecule has 2 aromatic rings. The lowest BCUT2D eigenvalue weighted by Gasteiger charge is -2.33. The van der Waals surface area contributed by atoms with Crippen LogP contribution < -0.4 is 5.32 Å². The maximum Gasteiger partial charge on any atom is 0.0408 e. The molecule has 1 heterocycles. The zero-order valence-electron chi connectivity index (χ0n) is 11.2. The minimum Gasteiger partial charge on any atom is -0.316 e. The van der Waals surface area contributed by atoms with Crippen LogP contribution in [-0.2, 0) is 0 Å². The van der Waals surface area contributed by atoms with Crippen molar-refractivity contribution >= 4 is 27.5 Å². The van der Waals surface area contributed by atoms with Gasteiger partial charge in [0.05, 0.1) is 0 Å². The van der Waals surface area contributed by atoms with Crippen molar-refractivity contribution in [1.29, 1.82) is 0 Å². The molecule has 0 aliphatic carbocycles. The van der Waals surface area contributed by atoms with Crippen molar-refractivity contribution < 1.29 is 0 Å². The van der Waals surface area contributed by atoms with Gasteiger partial charge in [-0.2, -0.15) is 0 Å². The van der Waals surface area contributed by atoms with E-state index >= 15 is 0 Å². The fourth-order valence-electron chi connectivity index (χ4n) is 3.08. The van der Waals surface area contributed by atoms with E-state index < -0.39 is 0 Å². The van der Waals surface area contributed by atoms with Gasteiger partial charge in [0.2, 0.25) is 0 Å². The molecule has 0 radical (unpaired) electrons. The molecule has 0 bridgehead atoms. The van der Waals surface area contributed by atoms with Gasteiger partial charge in [-0.15, -0.1) is 0 Å². The Bertz CT molecular complexity index is 546. The Kier molecular flexibility index (Phi) is 4.45. The van der Waals surface area contributed by atoms with Gasteiger partial charge in [0.15, 0.2) is 0 Å². The summed E-state index contributed by atoms with van der Waals surface area (Å²) in [6, 6.07) is 17.0. The van der Waals surface area contributed by atoms with E-state index in [-0.39, 0.29) is 0 Å². The summed E-state index contributed by atoms with van der Waals surface area (Å²) >= 11 is 9.73. The summed E-state index contributed by atoms with van der Waals surface area (Å²) in [6.07, 6.45) is 1.15. The average molecular weight is 351 g/mol. The Labute approximate surface area is 133 Å². The highest BCUT2D eigenvalue weighted by Gasteiger charge is 2.27. The molecule has 2 aromatic carbocycles. The van der Waals surface area contributed by atoms with Gasteiger partial charge in [-0.05, 0) is 54.3 Å². The third-order valence-corrected chi connectivity index (χ3v) is 4.76. The van der Waals surface area contributed by atoms with E-state index in [1.54, 1.807) is 0 Å². The average Bonchev–Trinajstić information content (AvgIpc) is 2.47. The molecular formula is C17H17BrClN. The third kappa shape index (κ3) is 3.08. The molecule has 1 aliphatic heterocycles. The third-order valence-electron chi connectivity index (χ3n) is 4.04. The molecule has 104 valence electrons. The van der Waals surface area contributed by atoms with E-state index in [4.69, 9.17) is 11.6 Å². The van der Waals surface area contributed by atoms with E-state index in [9.17, 15) is 0 Å². The maximum atomic E-state index is 6.16. The first-order chi connectivity index (χ1) is 9.74. The first kappa shape index (κ1) is 14.1. The van der Waals surface area contributed by atoms with Gasteiger partial charge in [0.25, 0.3) is 0 Å². The van der Waals surface area contributed by atoms with Crippen LogP contribution in [0.2, 0.25) is 5.02 Å². The summed E-state index contributed by atoms with van der Waals surface area (Å²) in [5.41, 5.74) is 2.74. The fraction of sp³-hybridized carbons (Fsp3) is 0.294. The number of benzene rings is 2.